The van der Waals surface area contributed by atoms with Gasteiger partial charge in [-0.2, -0.15) is 13.2 Å². The summed E-state index contributed by atoms with van der Waals surface area (Å²) >= 11 is 6.30. The Hall–Kier alpha value is -3.98. The number of rotatable bonds is 5. The zero-order valence-electron chi connectivity index (χ0n) is 20.9. The van der Waals surface area contributed by atoms with Gasteiger partial charge in [-0.25, -0.2) is 0 Å². The molecule has 1 atom stereocenters. The van der Waals surface area contributed by atoms with Crippen molar-refractivity contribution in [3.8, 4) is 5.75 Å². The summed E-state index contributed by atoms with van der Waals surface area (Å²) in [6.07, 6.45) is -4.67. The van der Waals surface area contributed by atoms with Gasteiger partial charge in [0.15, 0.2) is 0 Å². The summed E-state index contributed by atoms with van der Waals surface area (Å²) < 4.78 is 45.9. The van der Waals surface area contributed by atoms with Gasteiger partial charge in [-0.1, -0.05) is 29.8 Å². The minimum Gasteiger partial charge on any atom is -0.507 e. The Morgan fingerprint density at radius 3 is 2.29 bits per heavy atom. The maximum atomic E-state index is 13.5. The van der Waals surface area contributed by atoms with Crippen molar-refractivity contribution in [3.63, 3.8) is 0 Å². The summed E-state index contributed by atoms with van der Waals surface area (Å²) in [5.74, 6) is -2.60. The predicted molar refractivity (Wildman–Crippen MR) is 140 cm³/mol. The van der Waals surface area contributed by atoms with Crippen LogP contribution < -0.4 is 14.5 Å². The molecule has 10 heteroatoms. The molecule has 198 valence electrons. The van der Waals surface area contributed by atoms with Crippen LogP contribution in [0, 0.1) is 6.92 Å². The normalized spacial score (nSPS) is 17.2. The van der Waals surface area contributed by atoms with E-state index in [0.29, 0.717) is 11.1 Å². The van der Waals surface area contributed by atoms with Crippen LogP contribution in [0.4, 0.5) is 24.5 Å². The van der Waals surface area contributed by atoms with Crippen molar-refractivity contribution in [2.45, 2.75) is 19.1 Å². The van der Waals surface area contributed by atoms with Gasteiger partial charge in [0.25, 0.3) is 11.7 Å². The second kappa shape index (κ2) is 10.1. The number of aryl methyl sites for hydroxylation is 1. The van der Waals surface area contributed by atoms with Gasteiger partial charge in [-0.15, -0.1) is 0 Å². The average Bonchev–Trinajstić information content (AvgIpc) is 3.13. The summed E-state index contributed by atoms with van der Waals surface area (Å²) in [5, 5.41) is 11.6. The van der Waals surface area contributed by atoms with E-state index in [0.717, 1.165) is 28.8 Å². The fourth-order valence-electron chi connectivity index (χ4n) is 4.46. The third kappa shape index (κ3) is 4.81. The van der Waals surface area contributed by atoms with E-state index in [1.807, 2.05) is 19.0 Å². The number of aliphatic hydroxyl groups is 1. The van der Waals surface area contributed by atoms with Crippen LogP contribution in [0.2, 0.25) is 5.02 Å². The van der Waals surface area contributed by atoms with Crippen molar-refractivity contribution in [3.05, 3.63) is 93.5 Å². The molecule has 1 heterocycles. The largest absolute Gasteiger partial charge is 0.507 e. The van der Waals surface area contributed by atoms with Crippen LogP contribution in [0.5, 0.6) is 5.75 Å². The van der Waals surface area contributed by atoms with Crippen LogP contribution >= 0.6 is 11.6 Å². The van der Waals surface area contributed by atoms with Crippen molar-refractivity contribution in [1.29, 1.82) is 0 Å². The Balaban J connectivity index is 2.00. The zero-order valence-corrected chi connectivity index (χ0v) is 21.7. The number of halogens is 4. The number of methoxy groups -OCH3 is 1. The summed E-state index contributed by atoms with van der Waals surface area (Å²) in [5.41, 5.74) is 0.529. The summed E-state index contributed by atoms with van der Waals surface area (Å²) in [6, 6.07) is 12.9. The number of carbonyl (C=O) groups is 2. The predicted octanol–water partition coefficient (Wildman–Crippen LogP) is 6.37. The Bertz CT molecular complexity index is 1450. The van der Waals surface area contributed by atoms with Crippen molar-refractivity contribution in [1.82, 2.24) is 0 Å². The number of aliphatic hydroxyl groups excluding tert-OH is 1. The number of Topliss-reactive ketones (excluding diaryl/α,β-unsaturated/α-hetero) is 1. The van der Waals surface area contributed by atoms with Gasteiger partial charge < -0.3 is 14.7 Å². The minimum atomic E-state index is -4.67. The first kappa shape index (κ1) is 27.1. The molecule has 3 aromatic carbocycles. The minimum absolute atomic E-state index is 0.0782. The number of alkyl halides is 3. The molecule has 1 unspecified atom stereocenters. The van der Waals surface area contributed by atoms with Gasteiger partial charge in [-0.05, 0) is 60.5 Å². The first-order valence-corrected chi connectivity index (χ1v) is 11.8. The molecule has 0 bridgehead atoms. The van der Waals surface area contributed by atoms with Gasteiger partial charge in [-0.3, -0.25) is 14.5 Å². The number of ether oxygens (including phenoxy) is 1. The second-order valence-electron chi connectivity index (χ2n) is 9.03. The van der Waals surface area contributed by atoms with Crippen LogP contribution in [0.3, 0.4) is 0 Å². The van der Waals surface area contributed by atoms with Crippen LogP contribution in [0.25, 0.3) is 5.76 Å². The molecule has 0 spiro atoms. The standard InChI is InChI=1S/C28H24ClF3N2O4/c1-15-12-20(26(38-4)21(29)13-15)24(35)22-23(16-8-10-18(11-9-16)33(2)3)34(27(37)25(22)36)19-7-5-6-17(14-19)28(30,31)32/h5-14,23,35H,1-4H3/b24-22+. The molecule has 1 N–H and O–H groups in total. The first-order valence-electron chi connectivity index (χ1n) is 11.4. The molecule has 1 aliphatic heterocycles. The van der Waals surface area contributed by atoms with Crippen LogP contribution in [-0.4, -0.2) is 38.0 Å². The molecule has 0 aromatic heterocycles. The van der Waals surface area contributed by atoms with E-state index in [1.54, 1.807) is 43.3 Å². The van der Waals surface area contributed by atoms with E-state index >= 15 is 0 Å². The van der Waals surface area contributed by atoms with Gasteiger partial charge in [0, 0.05) is 25.5 Å². The van der Waals surface area contributed by atoms with E-state index in [4.69, 9.17) is 16.3 Å². The van der Waals surface area contributed by atoms with Crippen molar-refractivity contribution >= 4 is 40.4 Å². The Kier molecular flexibility index (Phi) is 7.16. The molecule has 3 aromatic rings. The molecule has 1 saturated heterocycles. The van der Waals surface area contributed by atoms with E-state index in [-0.39, 0.29) is 27.6 Å². The molecule has 38 heavy (non-hydrogen) atoms. The highest BCUT2D eigenvalue weighted by molar-refractivity contribution is 6.51. The Labute approximate surface area is 222 Å². The molecular formula is C28H24ClF3N2O4. The first-order chi connectivity index (χ1) is 17.8. The maximum absolute atomic E-state index is 13.5. The quantitative estimate of drug-likeness (QED) is 0.230. The number of ketones is 1. The maximum Gasteiger partial charge on any atom is 0.416 e. The molecule has 0 saturated carbocycles. The third-order valence-corrected chi connectivity index (χ3v) is 6.55. The number of carbonyl (C=O) groups excluding carboxylic acids is 2. The smallest absolute Gasteiger partial charge is 0.416 e. The number of hydrogen-bond acceptors (Lipinski definition) is 5. The highest BCUT2D eigenvalue weighted by atomic mass is 35.5. The molecule has 6 nitrogen and oxygen atoms in total. The summed E-state index contributed by atoms with van der Waals surface area (Å²) in [6.45, 7) is 1.72. The van der Waals surface area contributed by atoms with Gasteiger partial charge in [0.1, 0.15) is 11.5 Å². The third-order valence-electron chi connectivity index (χ3n) is 6.27. The fourth-order valence-corrected chi connectivity index (χ4v) is 4.81. The highest BCUT2D eigenvalue weighted by Gasteiger charge is 2.47. The number of hydrogen-bond donors (Lipinski definition) is 1. The van der Waals surface area contributed by atoms with Crippen molar-refractivity contribution in [2.75, 3.05) is 31.0 Å². The number of anilines is 2. The van der Waals surface area contributed by atoms with Crippen LogP contribution in [-0.2, 0) is 15.8 Å². The molecule has 4 rings (SSSR count). The monoisotopic (exact) mass is 544 g/mol. The zero-order chi connectivity index (χ0) is 27.9. The van der Waals surface area contributed by atoms with Crippen molar-refractivity contribution in [2.24, 2.45) is 0 Å². The lowest BCUT2D eigenvalue weighted by Crippen LogP contribution is -2.29. The van der Waals surface area contributed by atoms with Crippen LogP contribution in [0.15, 0.2) is 66.2 Å². The van der Waals surface area contributed by atoms with Gasteiger partial charge >= 0.3 is 6.18 Å². The molecule has 1 fully saturated rings. The van der Waals surface area contributed by atoms with E-state index < -0.39 is 35.2 Å². The van der Waals surface area contributed by atoms with Crippen molar-refractivity contribution < 1.29 is 32.6 Å². The molecule has 1 aliphatic rings. The highest BCUT2D eigenvalue weighted by Crippen LogP contribution is 2.45. The molecule has 0 aliphatic carbocycles. The topological polar surface area (TPSA) is 70.1 Å². The van der Waals surface area contributed by atoms with Crippen LogP contribution in [0.1, 0.15) is 28.3 Å². The number of benzene rings is 3. The average molecular weight is 545 g/mol. The Morgan fingerprint density at radius 2 is 1.71 bits per heavy atom. The Morgan fingerprint density at radius 1 is 1.05 bits per heavy atom. The lowest BCUT2D eigenvalue weighted by Gasteiger charge is -2.26. The fraction of sp³-hybridized carbons (Fsp3) is 0.214. The molecular weight excluding hydrogens is 521 g/mol. The second-order valence-corrected chi connectivity index (χ2v) is 9.44. The van der Waals surface area contributed by atoms with Gasteiger partial charge in [0.2, 0.25) is 0 Å². The lowest BCUT2D eigenvalue weighted by molar-refractivity contribution is -0.137. The SMILES string of the molecule is COc1c(Cl)cc(C)cc1/C(O)=C1\C(=O)C(=O)N(c2cccc(C(F)(F)F)c2)C1c1ccc(N(C)C)cc1. The lowest BCUT2D eigenvalue weighted by atomic mass is 9.94. The van der Waals surface area contributed by atoms with Gasteiger partial charge in [0.05, 0.1) is 34.9 Å². The number of nitrogens with zero attached hydrogens (tertiary/aromatic N) is 2. The molecule has 1 amide bonds. The summed E-state index contributed by atoms with van der Waals surface area (Å²) in [7, 11) is 5.00. The number of amides is 1. The van der Waals surface area contributed by atoms with E-state index in [2.05, 4.69) is 0 Å². The van der Waals surface area contributed by atoms with E-state index in [9.17, 15) is 27.9 Å². The summed E-state index contributed by atoms with van der Waals surface area (Å²) in [4.78, 5) is 29.6. The molecule has 0 radical (unpaired) electrons. The van der Waals surface area contributed by atoms with E-state index in [1.165, 1.54) is 13.2 Å².